The second-order valence-electron chi connectivity index (χ2n) is 7.79. The number of likely N-dealkylation sites (tertiary alicyclic amines) is 2. The summed E-state index contributed by atoms with van der Waals surface area (Å²) in [5, 5.41) is 7.18. The fourth-order valence-corrected chi connectivity index (χ4v) is 4.11. The van der Waals surface area contributed by atoms with Crippen LogP contribution in [0, 0.1) is 5.92 Å². The first kappa shape index (κ1) is 20.2. The van der Waals surface area contributed by atoms with Crippen molar-refractivity contribution in [2.24, 2.45) is 10.9 Å². The zero-order valence-electron chi connectivity index (χ0n) is 15.6. The van der Waals surface area contributed by atoms with E-state index in [1.807, 2.05) is 7.05 Å². The molecule has 3 aliphatic rings. The standard InChI is InChI=1S/C18H35N5.HI/c1-14-12-23(16-7-8-16)13-17(14)21-18(19-3)20-9-11-22-10-5-4-6-15(22)2;/h14-17H,4-13H2,1-3H3,(H2,19,20,21);1H. The van der Waals surface area contributed by atoms with Crippen molar-refractivity contribution in [3.63, 3.8) is 0 Å². The van der Waals surface area contributed by atoms with Crippen molar-refractivity contribution >= 4 is 29.9 Å². The molecule has 0 amide bonds. The Kier molecular flexibility index (Phi) is 8.07. The molecule has 0 spiro atoms. The van der Waals surface area contributed by atoms with Crippen LogP contribution in [0.3, 0.4) is 0 Å². The van der Waals surface area contributed by atoms with Gasteiger partial charge in [0.1, 0.15) is 0 Å². The lowest BCUT2D eigenvalue weighted by molar-refractivity contribution is 0.163. The van der Waals surface area contributed by atoms with Gasteiger partial charge in [-0.2, -0.15) is 0 Å². The van der Waals surface area contributed by atoms with E-state index >= 15 is 0 Å². The van der Waals surface area contributed by atoms with E-state index in [0.29, 0.717) is 12.0 Å². The van der Waals surface area contributed by atoms with Gasteiger partial charge in [-0.25, -0.2) is 0 Å². The van der Waals surface area contributed by atoms with Crippen LogP contribution in [-0.4, -0.2) is 73.7 Å². The van der Waals surface area contributed by atoms with Gasteiger partial charge in [0, 0.05) is 51.4 Å². The van der Waals surface area contributed by atoms with E-state index in [0.717, 1.165) is 31.1 Å². The first-order valence-electron chi connectivity index (χ1n) is 9.62. The number of nitrogens with one attached hydrogen (secondary N) is 2. The van der Waals surface area contributed by atoms with Gasteiger partial charge in [0.25, 0.3) is 0 Å². The van der Waals surface area contributed by atoms with E-state index < -0.39 is 0 Å². The largest absolute Gasteiger partial charge is 0.355 e. The molecule has 3 unspecified atom stereocenters. The first-order chi connectivity index (χ1) is 11.2. The average molecular weight is 449 g/mol. The number of rotatable bonds is 5. The maximum absolute atomic E-state index is 4.43. The third kappa shape index (κ3) is 5.46. The van der Waals surface area contributed by atoms with Crippen LogP contribution in [-0.2, 0) is 0 Å². The molecule has 2 N–H and O–H groups in total. The lowest BCUT2D eigenvalue weighted by Gasteiger charge is -2.33. The molecule has 3 atom stereocenters. The highest BCUT2D eigenvalue weighted by molar-refractivity contribution is 14.0. The fraction of sp³-hybridized carbons (Fsp3) is 0.944. The molecule has 1 aliphatic carbocycles. The minimum atomic E-state index is 0. The molecule has 1 saturated carbocycles. The van der Waals surface area contributed by atoms with Gasteiger partial charge in [-0.3, -0.25) is 14.8 Å². The maximum Gasteiger partial charge on any atom is 0.191 e. The molecule has 0 aromatic carbocycles. The van der Waals surface area contributed by atoms with Crippen molar-refractivity contribution in [2.75, 3.05) is 39.8 Å². The minimum absolute atomic E-state index is 0. The molecular formula is C18H36IN5. The van der Waals surface area contributed by atoms with Crippen molar-refractivity contribution < 1.29 is 0 Å². The second kappa shape index (κ2) is 9.57. The van der Waals surface area contributed by atoms with Gasteiger partial charge >= 0.3 is 0 Å². The molecule has 3 rings (SSSR count). The van der Waals surface area contributed by atoms with Crippen LogP contribution in [0.4, 0.5) is 0 Å². The molecule has 3 fully saturated rings. The van der Waals surface area contributed by atoms with Crippen molar-refractivity contribution in [1.29, 1.82) is 0 Å². The molecule has 6 heteroatoms. The van der Waals surface area contributed by atoms with Crippen LogP contribution in [0.5, 0.6) is 0 Å². The minimum Gasteiger partial charge on any atom is -0.355 e. The summed E-state index contributed by atoms with van der Waals surface area (Å²) in [5.74, 6) is 1.68. The lowest BCUT2D eigenvalue weighted by Crippen LogP contribution is -2.49. The Morgan fingerprint density at radius 2 is 1.92 bits per heavy atom. The summed E-state index contributed by atoms with van der Waals surface area (Å²) in [5.41, 5.74) is 0. The Labute approximate surface area is 165 Å². The average Bonchev–Trinajstić information content (AvgIpc) is 3.33. The molecule has 2 aliphatic heterocycles. The highest BCUT2D eigenvalue weighted by Gasteiger charge is 2.38. The Morgan fingerprint density at radius 3 is 2.58 bits per heavy atom. The number of guanidine groups is 1. The molecule has 2 heterocycles. The van der Waals surface area contributed by atoms with E-state index in [1.54, 1.807) is 0 Å². The smallest absolute Gasteiger partial charge is 0.191 e. The fourth-order valence-electron chi connectivity index (χ4n) is 4.11. The predicted molar refractivity (Wildman–Crippen MR) is 112 cm³/mol. The summed E-state index contributed by atoms with van der Waals surface area (Å²) in [7, 11) is 1.89. The van der Waals surface area contributed by atoms with Gasteiger partial charge in [0.15, 0.2) is 5.96 Å². The quantitative estimate of drug-likeness (QED) is 0.384. The predicted octanol–water partition coefficient (Wildman–Crippen LogP) is 2.13. The zero-order chi connectivity index (χ0) is 16.2. The first-order valence-corrected chi connectivity index (χ1v) is 9.62. The van der Waals surface area contributed by atoms with E-state index in [-0.39, 0.29) is 24.0 Å². The van der Waals surface area contributed by atoms with E-state index in [4.69, 9.17) is 0 Å². The lowest BCUT2D eigenvalue weighted by atomic mass is 10.0. The maximum atomic E-state index is 4.43. The Bertz CT molecular complexity index is 412. The Hall–Kier alpha value is -0.0800. The monoisotopic (exact) mass is 449 g/mol. The molecular weight excluding hydrogens is 413 g/mol. The number of hydrogen-bond acceptors (Lipinski definition) is 3. The number of hydrogen-bond donors (Lipinski definition) is 2. The van der Waals surface area contributed by atoms with Gasteiger partial charge in [0.05, 0.1) is 0 Å². The summed E-state index contributed by atoms with van der Waals surface area (Å²) in [6.45, 7) is 10.5. The second-order valence-corrected chi connectivity index (χ2v) is 7.79. The SMILES string of the molecule is CN=C(NCCN1CCCCC1C)NC1CN(C2CC2)CC1C.I. The number of aliphatic imine (C=N–C) groups is 1. The molecule has 0 aromatic rings. The van der Waals surface area contributed by atoms with Crippen LogP contribution in [0.25, 0.3) is 0 Å². The Morgan fingerprint density at radius 1 is 1.12 bits per heavy atom. The molecule has 0 aromatic heterocycles. The number of nitrogens with zero attached hydrogens (tertiary/aromatic N) is 3. The van der Waals surface area contributed by atoms with Gasteiger partial charge in [0.2, 0.25) is 0 Å². The van der Waals surface area contributed by atoms with Crippen LogP contribution >= 0.6 is 24.0 Å². The molecule has 24 heavy (non-hydrogen) atoms. The van der Waals surface area contributed by atoms with Crippen LogP contribution < -0.4 is 10.6 Å². The van der Waals surface area contributed by atoms with Crippen molar-refractivity contribution in [2.45, 2.75) is 64.1 Å². The third-order valence-corrected chi connectivity index (χ3v) is 5.88. The normalized spacial score (nSPS) is 32.5. The summed E-state index contributed by atoms with van der Waals surface area (Å²) in [6.07, 6.45) is 6.91. The molecule has 2 saturated heterocycles. The highest BCUT2D eigenvalue weighted by atomic mass is 127. The van der Waals surface area contributed by atoms with Gasteiger partial charge in [-0.05, 0) is 45.1 Å². The number of halogens is 1. The van der Waals surface area contributed by atoms with E-state index in [2.05, 4.69) is 39.3 Å². The van der Waals surface area contributed by atoms with Gasteiger partial charge in [-0.1, -0.05) is 13.3 Å². The molecule has 0 radical (unpaired) electrons. The van der Waals surface area contributed by atoms with Crippen LogP contribution in [0.15, 0.2) is 4.99 Å². The summed E-state index contributed by atoms with van der Waals surface area (Å²) < 4.78 is 0. The Balaban J connectivity index is 0.00000208. The third-order valence-electron chi connectivity index (χ3n) is 5.88. The summed E-state index contributed by atoms with van der Waals surface area (Å²) in [6, 6.07) is 2.15. The number of piperidine rings is 1. The van der Waals surface area contributed by atoms with Crippen molar-refractivity contribution in [3.8, 4) is 0 Å². The topological polar surface area (TPSA) is 42.9 Å². The van der Waals surface area contributed by atoms with Gasteiger partial charge < -0.3 is 10.6 Å². The van der Waals surface area contributed by atoms with Gasteiger partial charge in [-0.15, -0.1) is 24.0 Å². The molecule has 0 bridgehead atoms. The van der Waals surface area contributed by atoms with E-state index in [1.165, 1.54) is 51.7 Å². The highest BCUT2D eigenvalue weighted by Crippen LogP contribution is 2.31. The van der Waals surface area contributed by atoms with Crippen molar-refractivity contribution in [3.05, 3.63) is 0 Å². The summed E-state index contributed by atoms with van der Waals surface area (Å²) in [4.78, 5) is 9.70. The molecule has 5 nitrogen and oxygen atoms in total. The van der Waals surface area contributed by atoms with E-state index in [9.17, 15) is 0 Å². The van der Waals surface area contributed by atoms with Crippen LogP contribution in [0.1, 0.15) is 46.0 Å². The summed E-state index contributed by atoms with van der Waals surface area (Å²) >= 11 is 0. The van der Waals surface area contributed by atoms with Crippen molar-refractivity contribution in [1.82, 2.24) is 20.4 Å². The van der Waals surface area contributed by atoms with Crippen LogP contribution in [0.2, 0.25) is 0 Å². The zero-order valence-corrected chi connectivity index (χ0v) is 18.0. The molecule has 140 valence electrons.